The molecule has 1 heterocycles. The molecular formula is C29H31N3O3. The molecule has 0 aromatic heterocycles. The zero-order valence-corrected chi connectivity index (χ0v) is 20.3. The van der Waals surface area contributed by atoms with Crippen molar-refractivity contribution in [3.05, 3.63) is 101 Å². The van der Waals surface area contributed by atoms with Gasteiger partial charge in [0.15, 0.2) is 0 Å². The first kappa shape index (κ1) is 24.2. The minimum absolute atomic E-state index is 0.0490. The average molecular weight is 470 g/mol. The molecule has 0 aliphatic carbocycles. The summed E-state index contributed by atoms with van der Waals surface area (Å²) < 4.78 is 0. The molecule has 0 atom stereocenters. The molecule has 1 aliphatic heterocycles. The lowest BCUT2D eigenvalue weighted by Gasteiger charge is -2.34. The van der Waals surface area contributed by atoms with Gasteiger partial charge in [0.1, 0.15) is 0 Å². The van der Waals surface area contributed by atoms with Crippen LogP contribution in [0.4, 0.5) is 5.69 Å². The topological polar surface area (TPSA) is 60.9 Å². The maximum absolute atomic E-state index is 13.4. The molecule has 3 aromatic carbocycles. The van der Waals surface area contributed by atoms with Crippen molar-refractivity contribution in [2.45, 2.75) is 26.8 Å². The van der Waals surface area contributed by atoms with Crippen molar-refractivity contribution in [2.24, 2.45) is 0 Å². The van der Waals surface area contributed by atoms with Gasteiger partial charge in [-0.1, -0.05) is 60.2 Å². The van der Waals surface area contributed by atoms with Crippen LogP contribution in [-0.2, 0) is 22.6 Å². The summed E-state index contributed by atoms with van der Waals surface area (Å²) in [7, 11) is 0. The van der Waals surface area contributed by atoms with Crippen molar-refractivity contribution in [3.63, 3.8) is 0 Å². The quantitative estimate of drug-likeness (QED) is 0.547. The van der Waals surface area contributed by atoms with Crippen molar-refractivity contribution in [1.82, 2.24) is 9.80 Å². The third kappa shape index (κ3) is 6.15. The summed E-state index contributed by atoms with van der Waals surface area (Å²) in [6, 6.07) is 25.2. The molecule has 180 valence electrons. The summed E-state index contributed by atoms with van der Waals surface area (Å²) in [6.45, 7) is 6.29. The first-order chi connectivity index (χ1) is 16.9. The zero-order valence-electron chi connectivity index (χ0n) is 20.3. The number of carbonyl (C=O) groups excluding carboxylic acids is 3. The van der Waals surface area contributed by atoms with Crippen LogP contribution < -0.4 is 4.90 Å². The molecule has 0 N–H and O–H groups in total. The Morgan fingerprint density at radius 1 is 0.743 bits per heavy atom. The summed E-state index contributed by atoms with van der Waals surface area (Å²) in [5.74, 6) is 0.0341. The fourth-order valence-corrected chi connectivity index (χ4v) is 4.25. The minimum atomic E-state index is -0.0685. The Kier molecular flexibility index (Phi) is 7.60. The Hall–Kier alpha value is -3.93. The number of piperazine rings is 1. The first-order valence-electron chi connectivity index (χ1n) is 12.0. The van der Waals surface area contributed by atoms with Crippen LogP contribution in [0.5, 0.6) is 0 Å². The maximum atomic E-state index is 13.4. The Morgan fingerprint density at radius 2 is 1.34 bits per heavy atom. The van der Waals surface area contributed by atoms with E-state index in [0.717, 1.165) is 22.4 Å². The van der Waals surface area contributed by atoms with Crippen molar-refractivity contribution in [2.75, 3.05) is 31.1 Å². The van der Waals surface area contributed by atoms with E-state index in [0.29, 0.717) is 44.7 Å². The fourth-order valence-electron chi connectivity index (χ4n) is 4.25. The number of carbonyl (C=O) groups is 3. The number of anilines is 1. The van der Waals surface area contributed by atoms with Crippen LogP contribution in [0.3, 0.4) is 0 Å². The molecule has 1 saturated heterocycles. The molecule has 6 nitrogen and oxygen atoms in total. The number of hydrogen-bond acceptors (Lipinski definition) is 3. The summed E-state index contributed by atoms with van der Waals surface area (Å²) in [6.07, 6.45) is 0.297. The molecule has 3 amide bonds. The highest BCUT2D eigenvalue weighted by Crippen LogP contribution is 2.22. The van der Waals surface area contributed by atoms with Gasteiger partial charge < -0.3 is 14.7 Å². The Labute approximate surface area is 206 Å². The van der Waals surface area contributed by atoms with Crippen LogP contribution in [0.1, 0.15) is 34.0 Å². The van der Waals surface area contributed by atoms with E-state index in [1.165, 1.54) is 0 Å². The second-order valence-corrected chi connectivity index (χ2v) is 8.97. The number of rotatable bonds is 6. The fraction of sp³-hybridized carbons (Fsp3) is 0.276. The average Bonchev–Trinajstić information content (AvgIpc) is 2.88. The number of nitrogens with zero attached hydrogens (tertiary/aromatic N) is 3. The third-order valence-corrected chi connectivity index (χ3v) is 6.41. The Bertz CT molecular complexity index is 1170. The summed E-state index contributed by atoms with van der Waals surface area (Å²) >= 11 is 0. The lowest BCUT2D eigenvalue weighted by molar-refractivity contribution is -0.138. The van der Waals surface area contributed by atoms with E-state index >= 15 is 0 Å². The van der Waals surface area contributed by atoms with Crippen LogP contribution in [0.2, 0.25) is 0 Å². The molecule has 0 unspecified atom stereocenters. The van der Waals surface area contributed by atoms with Crippen molar-refractivity contribution >= 4 is 23.4 Å². The van der Waals surface area contributed by atoms with Gasteiger partial charge in [0, 0.05) is 44.4 Å². The predicted octanol–water partition coefficient (Wildman–Crippen LogP) is 4.08. The van der Waals surface area contributed by atoms with Crippen LogP contribution in [-0.4, -0.2) is 53.7 Å². The lowest BCUT2D eigenvalue weighted by atomic mass is 10.1. The van der Waals surface area contributed by atoms with Gasteiger partial charge in [-0.3, -0.25) is 14.4 Å². The smallest absolute Gasteiger partial charge is 0.258 e. The molecule has 4 rings (SSSR count). The Morgan fingerprint density at radius 3 is 1.94 bits per heavy atom. The van der Waals surface area contributed by atoms with E-state index < -0.39 is 0 Å². The van der Waals surface area contributed by atoms with E-state index in [1.54, 1.807) is 16.7 Å². The van der Waals surface area contributed by atoms with Crippen molar-refractivity contribution in [1.29, 1.82) is 0 Å². The third-order valence-electron chi connectivity index (χ3n) is 6.41. The van der Waals surface area contributed by atoms with Crippen molar-refractivity contribution in [3.8, 4) is 0 Å². The number of aryl methyl sites for hydroxylation is 1. The van der Waals surface area contributed by atoms with Crippen LogP contribution in [0, 0.1) is 6.92 Å². The molecule has 0 spiro atoms. The largest absolute Gasteiger partial charge is 0.339 e. The van der Waals surface area contributed by atoms with E-state index in [4.69, 9.17) is 0 Å². The molecule has 0 bridgehead atoms. The highest BCUT2D eigenvalue weighted by Gasteiger charge is 2.23. The van der Waals surface area contributed by atoms with Gasteiger partial charge in [0.25, 0.3) is 5.91 Å². The van der Waals surface area contributed by atoms with Crippen LogP contribution in [0.15, 0.2) is 78.9 Å². The molecule has 35 heavy (non-hydrogen) atoms. The zero-order chi connectivity index (χ0) is 24.8. The summed E-state index contributed by atoms with van der Waals surface area (Å²) in [4.78, 5) is 43.1. The molecule has 1 aliphatic rings. The minimum Gasteiger partial charge on any atom is -0.339 e. The normalized spacial score (nSPS) is 13.4. The first-order valence-corrected chi connectivity index (χ1v) is 12.0. The van der Waals surface area contributed by atoms with E-state index in [2.05, 4.69) is 0 Å². The molecule has 1 fully saturated rings. The van der Waals surface area contributed by atoms with Gasteiger partial charge in [0.2, 0.25) is 11.8 Å². The maximum Gasteiger partial charge on any atom is 0.258 e. The van der Waals surface area contributed by atoms with Gasteiger partial charge in [-0.05, 0) is 42.3 Å². The molecule has 0 radical (unpaired) electrons. The molecule has 6 heteroatoms. The number of hydrogen-bond donors (Lipinski definition) is 0. The highest BCUT2D eigenvalue weighted by molar-refractivity contribution is 6.06. The summed E-state index contributed by atoms with van der Waals surface area (Å²) in [5.41, 5.74) is 4.46. The van der Waals surface area contributed by atoms with Gasteiger partial charge in [-0.15, -0.1) is 0 Å². The second-order valence-electron chi connectivity index (χ2n) is 8.97. The van der Waals surface area contributed by atoms with Gasteiger partial charge >= 0.3 is 0 Å². The Balaban J connectivity index is 1.48. The summed E-state index contributed by atoms with van der Waals surface area (Å²) in [5, 5.41) is 0. The molecule has 3 aromatic rings. The van der Waals surface area contributed by atoms with Gasteiger partial charge in [0.05, 0.1) is 13.0 Å². The van der Waals surface area contributed by atoms with Gasteiger partial charge in [-0.25, -0.2) is 0 Å². The molecular weight excluding hydrogens is 438 g/mol. The van der Waals surface area contributed by atoms with Crippen LogP contribution >= 0.6 is 0 Å². The number of benzene rings is 3. The standard InChI is InChI=1S/C29H31N3O3/c1-22-8-12-26(13-9-22)29(35)32(21-25-6-4-3-5-7-25)27-14-10-24(11-15-27)20-28(34)31-18-16-30(17-19-31)23(2)33/h3-15H,16-21H2,1-2H3. The number of amides is 3. The predicted molar refractivity (Wildman–Crippen MR) is 137 cm³/mol. The monoisotopic (exact) mass is 469 g/mol. The lowest BCUT2D eigenvalue weighted by Crippen LogP contribution is -2.50. The van der Waals surface area contributed by atoms with E-state index in [1.807, 2.05) is 90.7 Å². The highest BCUT2D eigenvalue weighted by atomic mass is 16.2. The second kappa shape index (κ2) is 11.0. The van der Waals surface area contributed by atoms with Crippen LogP contribution in [0.25, 0.3) is 0 Å². The molecule has 0 saturated carbocycles. The van der Waals surface area contributed by atoms with Crippen molar-refractivity contribution < 1.29 is 14.4 Å². The van der Waals surface area contributed by atoms with E-state index in [-0.39, 0.29) is 17.7 Å². The SMILES string of the molecule is CC(=O)N1CCN(C(=O)Cc2ccc(N(Cc3ccccc3)C(=O)c3ccc(C)cc3)cc2)CC1. The van der Waals surface area contributed by atoms with Gasteiger partial charge in [-0.2, -0.15) is 0 Å². The van der Waals surface area contributed by atoms with E-state index in [9.17, 15) is 14.4 Å².